The molecule has 0 aromatic carbocycles. The van der Waals surface area contributed by atoms with Crippen LogP contribution in [0, 0.1) is 17.8 Å². The molecule has 2 aliphatic carbocycles. The highest BCUT2D eigenvalue weighted by atomic mass is 16.6. The van der Waals surface area contributed by atoms with E-state index in [2.05, 4.69) is 27.9 Å². The van der Waals surface area contributed by atoms with Crippen LogP contribution in [-0.4, -0.2) is 57.1 Å². The summed E-state index contributed by atoms with van der Waals surface area (Å²) in [5.41, 5.74) is 4.72. The van der Waals surface area contributed by atoms with E-state index in [1.165, 1.54) is 25.7 Å². The Morgan fingerprint density at radius 3 is 1.75 bits per heavy atom. The first-order valence-electron chi connectivity index (χ1n) is 12.8. The van der Waals surface area contributed by atoms with Crippen molar-refractivity contribution in [3.63, 3.8) is 0 Å². The maximum Gasteiger partial charge on any atom is 0.407 e. The van der Waals surface area contributed by atoms with Gasteiger partial charge in [0, 0.05) is 21.6 Å². The Bertz CT molecular complexity index is 694. The first-order chi connectivity index (χ1) is 17.3. The molecule has 10 nitrogen and oxygen atoms in total. The smallest absolute Gasteiger partial charge is 0.407 e. The molecule has 210 valence electrons. The summed E-state index contributed by atoms with van der Waals surface area (Å²) in [7, 11) is 0. The molecule has 36 heavy (non-hydrogen) atoms. The molecule has 0 spiro atoms. The predicted octanol–water partition coefficient (Wildman–Crippen LogP) is 4.77. The zero-order valence-electron chi connectivity index (χ0n) is 21.8. The van der Waals surface area contributed by atoms with Crippen molar-refractivity contribution < 1.29 is 41.0 Å². The van der Waals surface area contributed by atoms with Crippen molar-refractivity contribution in [2.24, 2.45) is 23.5 Å². The molecule has 2 bridgehead atoms. The van der Waals surface area contributed by atoms with Crippen molar-refractivity contribution in [1.82, 2.24) is 5.32 Å². The van der Waals surface area contributed by atoms with Gasteiger partial charge in [0.2, 0.25) is 0 Å². The number of primary amides is 1. The van der Waals surface area contributed by atoms with Crippen LogP contribution in [0.3, 0.4) is 0 Å². The Hall–Kier alpha value is -3.04. The van der Waals surface area contributed by atoms with E-state index in [9.17, 15) is 19.2 Å². The number of hydrogen-bond acceptors (Lipinski definition) is 8. The molecule has 2 saturated carbocycles. The third-order valence-electron chi connectivity index (χ3n) is 5.77. The highest BCUT2D eigenvalue weighted by molar-refractivity contribution is 5.81. The summed E-state index contributed by atoms with van der Waals surface area (Å²) in [4.78, 5) is 42.9. The van der Waals surface area contributed by atoms with Crippen molar-refractivity contribution >= 4 is 24.1 Å². The summed E-state index contributed by atoms with van der Waals surface area (Å²) in [6, 6.07) is 0. The Balaban J connectivity index is -0.000000631. The molecular formula is C26H48N2O8. The number of carbonyl (C=O) groups excluding carboxylic acids is 4. The Morgan fingerprint density at radius 2 is 1.33 bits per heavy atom. The van der Waals surface area contributed by atoms with E-state index in [-0.39, 0.29) is 15.6 Å². The second-order valence-corrected chi connectivity index (χ2v) is 8.28. The number of unbranched alkanes of at least 4 members (excludes halogenated alkanes) is 2. The molecule has 10 heteroatoms. The minimum Gasteiger partial charge on any atom is -0.463 e. The molecule has 2 rings (SSSR count). The number of amides is 2. The number of carbonyl (C=O) groups is 4. The standard InChI is InChI=1S/C16H25NO4.C8H13NO4.C2H6.2H2/c1-2-15(18)20-7-3-4-8-21-16(19)17-11-14-10-12-5-6-13(14)9-12;1-2-7(10)12-5-3-4-6-13-8(9)11;1-2;;/h2,12-14H,1,3-11H2,(H,17,19);2H,1,3-6H2,(H2,9,11);1-2H3;2*1H. The summed E-state index contributed by atoms with van der Waals surface area (Å²) >= 11 is 0. The molecule has 0 heterocycles. The van der Waals surface area contributed by atoms with Gasteiger partial charge in [-0.25, -0.2) is 19.2 Å². The van der Waals surface area contributed by atoms with Gasteiger partial charge in [0.05, 0.1) is 26.4 Å². The topological polar surface area (TPSA) is 143 Å². The second kappa shape index (κ2) is 21.3. The lowest BCUT2D eigenvalue weighted by Crippen LogP contribution is -2.32. The fraction of sp³-hybridized carbons (Fsp3) is 0.692. The van der Waals surface area contributed by atoms with Crippen LogP contribution in [-0.2, 0) is 28.5 Å². The molecule has 0 aromatic rings. The van der Waals surface area contributed by atoms with Gasteiger partial charge in [0.25, 0.3) is 0 Å². The average molecular weight is 517 g/mol. The van der Waals surface area contributed by atoms with Crippen molar-refractivity contribution in [3.8, 4) is 0 Å². The number of nitrogens with two attached hydrogens (primary N) is 1. The molecule has 3 N–H and O–H groups in total. The lowest BCUT2D eigenvalue weighted by atomic mass is 9.89. The average Bonchev–Trinajstić information content (AvgIpc) is 3.51. The van der Waals surface area contributed by atoms with E-state index in [1.807, 2.05) is 13.8 Å². The molecule has 2 aliphatic rings. The van der Waals surface area contributed by atoms with Crippen molar-refractivity contribution in [2.75, 3.05) is 33.0 Å². The number of esters is 2. The van der Waals surface area contributed by atoms with Gasteiger partial charge >= 0.3 is 24.1 Å². The zero-order chi connectivity index (χ0) is 27.2. The van der Waals surface area contributed by atoms with Gasteiger partial charge in [-0.15, -0.1) is 0 Å². The number of hydrogen-bond donors (Lipinski definition) is 2. The van der Waals surface area contributed by atoms with Crippen LogP contribution < -0.4 is 11.1 Å². The van der Waals surface area contributed by atoms with Crippen molar-refractivity contribution in [1.29, 1.82) is 0 Å². The Morgan fingerprint density at radius 1 is 0.833 bits per heavy atom. The van der Waals surface area contributed by atoms with Gasteiger partial charge in [-0.1, -0.05) is 33.4 Å². The number of rotatable bonds is 14. The van der Waals surface area contributed by atoms with E-state index in [0.29, 0.717) is 51.4 Å². The molecule has 2 amide bonds. The fourth-order valence-electron chi connectivity index (χ4n) is 4.10. The van der Waals surface area contributed by atoms with Crippen molar-refractivity contribution in [2.45, 2.75) is 65.2 Å². The first-order valence-corrected chi connectivity index (χ1v) is 12.8. The minimum absolute atomic E-state index is 0. The SMILES string of the molecule is C=CC(=O)OCCCCOC(=O)NCC1CC2CCC1C2.C=CC(=O)OCCCCOC(N)=O.CC.[HH].[HH]. The summed E-state index contributed by atoms with van der Waals surface area (Å²) in [5.74, 6) is 1.50. The van der Waals surface area contributed by atoms with Crippen LogP contribution in [0.5, 0.6) is 0 Å². The van der Waals surface area contributed by atoms with Gasteiger partial charge < -0.3 is 30.0 Å². The van der Waals surface area contributed by atoms with Gasteiger partial charge in [0.1, 0.15) is 0 Å². The number of ether oxygens (including phenoxy) is 4. The van der Waals surface area contributed by atoms with E-state index >= 15 is 0 Å². The summed E-state index contributed by atoms with van der Waals surface area (Å²) in [6.07, 6.45) is 9.05. The van der Waals surface area contributed by atoms with Gasteiger partial charge in [-0.3, -0.25) is 0 Å². The number of alkyl carbamates (subject to hydrolysis) is 1. The lowest BCUT2D eigenvalue weighted by molar-refractivity contribution is -0.138. The third-order valence-corrected chi connectivity index (χ3v) is 5.77. The van der Waals surface area contributed by atoms with Gasteiger partial charge in [0.15, 0.2) is 0 Å². The maximum atomic E-state index is 11.6. The Kier molecular flexibility index (Phi) is 19.5. The zero-order valence-corrected chi connectivity index (χ0v) is 21.8. The highest BCUT2D eigenvalue weighted by Gasteiger charge is 2.39. The molecular weight excluding hydrogens is 468 g/mol. The second-order valence-electron chi connectivity index (χ2n) is 8.28. The minimum atomic E-state index is -0.789. The highest BCUT2D eigenvalue weighted by Crippen LogP contribution is 2.47. The Labute approximate surface area is 217 Å². The normalized spacial score (nSPS) is 18.8. The van der Waals surface area contributed by atoms with Gasteiger partial charge in [-0.2, -0.15) is 0 Å². The molecule has 0 saturated heterocycles. The van der Waals surface area contributed by atoms with Crippen LogP contribution in [0.1, 0.15) is 68.1 Å². The number of fused-ring (bicyclic) bond motifs is 2. The summed E-state index contributed by atoms with van der Waals surface area (Å²) < 4.78 is 19.1. The van der Waals surface area contributed by atoms with Crippen LogP contribution >= 0.6 is 0 Å². The largest absolute Gasteiger partial charge is 0.463 e. The lowest BCUT2D eigenvalue weighted by Gasteiger charge is -2.21. The third kappa shape index (κ3) is 16.6. The fourth-order valence-corrected chi connectivity index (χ4v) is 4.10. The van der Waals surface area contributed by atoms with Gasteiger partial charge in [-0.05, 0) is 62.7 Å². The quantitative estimate of drug-likeness (QED) is 0.145. The number of nitrogens with one attached hydrogen (secondary N) is 1. The molecule has 2 fully saturated rings. The monoisotopic (exact) mass is 516 g/mol. The molecule has 3 unspecified atom stereocenters. The van der Waals surface area contributed by atoms with Crippen molar-refractivity contribution in [3.05, 3.63) is 25.3 Å². The summed E-state index contributed by atoms with van der Waals surface area (Å²) in [5, 5.41) is 2.87. The van der Waals surface area contributed by atoms with E-state index in [0.717, 1.165) is 30.5 Å². The van der Waals surface area contributed by atoms with Crippen LogP contribution in [0.2, 0.25) is 0 Å². The van der Waals surface area contributed by atoms with Crippen LogP contribution in [0.25, 0.3) is 0 Å². The van der Waals surface area contributed by atoms with E-state index < -0.39 is 18.0 Å². The van der Waals surface area contributed by atoms with E-state index in [4.69, 9.17) is 15.2 Å². The molecule has 0 aromatic heterocycles. The maximum absolute atomic E-state index is 11.6. The van der Waals surface area contributed by atoms with Crippen LogP contribution in [0.4, 0.5) is 9.59 Å². The van der Waals surface area contributed by atoms with Crippen LogP contribution in [0.15, 0.2) is 25.3 Å². The predicted molar refractivity (Wildman–Crippen MR) is 140 cm³/mol. The molecule has 0 aliphatic heterocycles. The molecule has 3 atom stereocenters. The summed E-state index contributed by atoms with van der Waals surface area (Å²) in [6.45, 7) is 12.5. The molecule has 0 radical (unpaired) electrons. The first kappa shape index (κ1) is 33.0. The van der Waals surface area contributed by atoms with E-state index in [1.54, 1.807) is 0 Å².